The van der Waals surface area contributed by atoms with Crippen LogP contribution in [0.2, 0.25) is 0 Å². The maximum Gasteiger partial charge on any atom is 0.534 e. The van der Waals surface area contributed by atoms with Crippen LogP contribution in [0.4, 0.5) is 30.6 Å². The fourth-order valence-electron chi connectivity index (χ4n) is 6.80. The highest BCUT2D eigenvalue weighted by Gasteiger charge is 2.49. The van der Waals surface area contributed by atoms with E-state index in [9.17, 15) is 41.3 Å². The Kier molecular flexibility index (Phi) is 10.3. The summed E-state index contributed by atoms with van der Waals surface area (Å²) in [5.41, 5.74) is -4.51. The number of hydrogen-bond donors (Lipinski definition) is 0. The summed E-state index contributed by atoms with van der Waals surface area (Å²) in [6, 6.07) is 22.7. The summed E-state index contributed by atoms with van der Waals surface area (Å²) in [4.78, 5) is 40.3. The van der Waals surface area contributed by atoms with Gasteiger partial charge in [-0.25, -0.2) is 0 Å². The van der Waals surface area contributed by atoms with Gasteiger partial charge in [0.25, 0.3) is 5.69 Å². The number of benzene rings is 4. The van der Waals surface area contributed by atoms with Crippen LogP contribution in [0.5, 0.6) is 5.75 Å². The van der Waals surface area contributed by atoms with Gasteiger partial charge in [0.05, 0.1) is 52.2 Å². The molecule has 0 unspecified atom stereocenters. The van der Waals surface area contributed by atoms with Crippen molar-refractivity contribution in [1.82, 2.24) is 0 Å². The quantitative estimate of drug-likeness (QED) is 0.0702. The van der Waals surface area contributed by atoms with E-state index in [0.717, 1.165) is 32.0 Å². The second kappa shape index (κ2) is 15.4. The van der Waals surface area contributed by atoms with Gasteiger partial charge in [0, 0.05) is 65.6 Å². The minimum atomic E-state index is -5.89. The Morgan fingerprint density at radius 1 is 0.707 bits per heavy atom. The first-order valence-electron chi connectivity index (χ1n) is 17.7. The molecule has 7 aromatic rings. The molecule has 3 aromatic heterocycles. The van der Waals surface area contributed by atoms with Gasteiger partial charge in [-0.15, -0.1) is 11.3 Å². The Morgan fingerprint density at radius 3 is 1.86 bits per heavy atom. The van der Waals surface area contributed by atoms with Gasteiger partial charge in [0.2, 0.25) is 0 Å². The third kappa shape index (κ3) is 7.32. The van der Waals surface area contributed by atoms with Gasteiger partial charge in [0.15, 0.2) is 34.0 Å². The number of ether oxygens (including phenoxy) is 2. The number of fused-ring (bicyclic) bond motifs is 5. The molecule has 0 amide bonds. The molecule has 2 aliphatic rings. The van der Waals surface area contributed by atoms with Crippen LogP contribution in [0.15, 0.2) is 103 Å². The highest BCUT2D eigenvalue weighted by atomic mass is 32.2. The number of nitro groups is 1. The van der Waals surface area contributed by atoms with Crippen LogP contribution in [-0.4, -0.2) is 71.5 Å². The van der Waals surface area contributed by atoms with E-state index >= 15 is 0 Å². The van der Waals surface area contributed by atoms with Crippen LogP contribution in [0.1, 0.15) is 0 Å². The molecule has 0 atom stereocenters. The first-order chi connectivity index (χ1) is 27.8. The molecular weight excluding hydrogens is 808 g/mol. The number of halogens is 3. The first kappa shape index (κ1) is 38.8. The van der Waals surface area contributed by atoms with Crippen molar-refractivity contribution < 1.29 is 49.0 Å². The Bertz CT molecular complexity index is 2950. The molecular formula is C39H30F3N3O11S2. The molecule has 19 heteroatoms. The molecule has 0 spiro atoms. The van der Waals surface area contributed by atoms with E-state index in [2.05, 4.69) is 4.18 Å². The van der Waals surface area contributed by atoms with Crippen molar-refractivity contribution in [3.8, 4) is 16.9 Å². The van der Waals surface area contributed by atoms with Crippen molar-refractivity contribution in [2.45, 2.75) is 5.51 Å². The van der Waals surface area contributed by atoms with Crippen LogP contribution in [0.25, 0.3) is 53.2 Å². The summed E-state index contributed by atoms with van der Waals surface area (Å²) in [6.07, 6.45) is 0. The van der Waals surface area contributed by atoms with Gasteiger partial charge in [-0.05, 0) is 30.3 Å². The molecule has 0 bridgehead atoms. The lowest BCUT2D eigenvalue weighted by Crippen LogP contribution is -2.36. The molecule has 0 aliphatic carbocycles. The maximum atomic E-state index is 13.0. The number of hydrogen-bond acceptors (Lipinski definition) is 14. The largest absolute Gasteiger partial charge is 0.534 e. The number of thiophene rings is 1. The molecule has 2 saturated heterocycles. The second-order valence-corrected chi connectivity index (χ2v) is 15.7. The Hall–Kier alpha value is -6.02. The number of rotatable bonds is 6. The number of non-ortho nitro benzene ring substituents is 1. The van der Waals surface area contributed by atoms with Gasteiger partial charge in [-0.3, -0.25) is 19.7 Å². The van der Waals surface area contributed by atoms with E-state index in [1.807, 2.05) is 41.3 Å². The average molecular weight is 838 g/mol. The second-order valence-electron chi connectivity index (χ2n) is 13.1. The Morgan fingerprint density at radius 2 is 1.26 bits per heavy atom. The molecule has 0 saturated carbocycles. The zero-order valence-corrected chi connectivity index (χ0v) is 31.7. The fourth-order valence-corrected chi connectivity index (χ4v) is 8.51. The van der Waals surface area contributed by atoms with E-state index < -0.39 is 26.8 Å². The number of alkyl halides is 3. The highest BCUT2D eigenvalue weighted by Crippen LogP contribution is 2.45. The third-order valence-corrected chi connectivity index (χ3v) is 11.7. The van der Waals surface area contributed by atoms with E-state index in [0.29, 0.717) is 74.8 Å². The number of morpholine rings is 2. The molecule has 2 fully saturated rings. The molecule has 58 heavy (non-hydrogen) atoms. The van der Waals surface area contributed by atoms with E-state index in [1.54, 1.807) is 23.1 Å². The third-order valence-electron chi connectivity index (χ3n) is 9.57. The average Bonchev–Trinajstić information content (AvgIpc) is 3.61. The van der Waals surface area contributed by atoms with Crippen molar-refractivity contribution in [3.63, 3.8) is 0 Å². The number of anilines is 2. The lowest BCUT2D eigenvalue weighted by Gasteiger charge is -2.27. The summed E-state index contributed by atoms with van der Waals surface area (Å²) >= 11 is 1.51. The van der Waals surface area contributed by atoms with Crippen LogP contribution in [-0.2, 0) is 19.6 Å². The molecule has 300 valence electrons. The highest BCUT2D eigenvalue weighted by molar-refractivity contribution is 7.88. The zero-order valence-electron chi connectivity index (χ0n) is 30.0. The zero-order chi connectivity index (χ0) is 40.8. The normalized spacial score (nSPS) is 15.2. The number of nitrogens with zero attached hydrogens (tertiary/aromatic N) is 3. The SMILES string of the molecule is O=c1cc(N2CCOCC2)oc2c(-c3ccc([N+](=O)[O-])c4c3sc3ccccc34)cccc12.O=c1cc(N2CCOCC2)oc2c(OS(=O)(=O)C(F)(F)F)cccc12. The lowest BCUT2D eigenvalue weighted by atomic mass is 9.99. The summed E-state index contributed by atoms with van der Waals surface area (Å²) in [7, 11) is -5.89. The Labute approximate surface area is 329 Å². The molecule has 4 aromatic carbocycles. The molecule has 5 heterocycles. The summed E-state index contributed by atoms with van der Waals surface area (Å²) in [5.74, 6) is -0.0963. The van der Waals surface area contributed by atoms with Gasteiger partial charge < -0.3 is 32.3 Å². The summed E-state index contributed by atoms with van der Waals surface area (Å²) in [5, 5.41) is 13.7. The van der Waals surface area contributed by atoms with Crippen molar-refractivity contribution in [2.24, 2.45) is 0 Å². The van der Waals surface area contributed by atoms with Crippen LogP contribution in [0, 0.1) is 10.1 Å². The fraction of sp³-hybridized carbons (Fsp3) is 0.231. The monoisotopic (exact) mass is 837 g/mol. The molecule has 2 aliphatic heterocycles. The minimum absolute atomic E-state index is 0.0712. The predicted octanol–water partition coefficient (Wildman–Crippen LogP) is 7.43. The van der Waals surface area contributed by atoms with E-state index in [1.165, 1.54) is 35.6 Å². The predicted molar refractivity (Wildman–Crippen MR) is 212 cm³/mol. The molecule has 9 rings (SSSR count). The van der Waals surface area contributed by atoms with Crippen LogP contribution in [0.3, 0.4) is 0 Å². The van der Waals surface area contributed by atoms with Crippen molar-refractivity contribution in [3.05, 3.63) is 115 Å². The molecule has 14 nitrogen and oxygen atoms in total. The van der Waals surface area contributed by atoms with Gasteiger partial charge in [0.1, 0.15) is 5.58 Å². The summed E-state index contributed by atoms with van der Waals surface area (Å²) in [6.45, 7) is 4.06. The lowest BCUT2D eigenvalue weighted by molar-refractivity contribution is -0.383. The van der Waals surface area contributed by atoms with Gasteiger partial charge in [-0.2, -0.15) is 21.6 Å². The van der Waals surface area contributed by atoms with Crippen molar-refractivity contribution >= 4 is 81.0 Å². The standard InChI is InChI=1S/C25H18N2O5S.C14H12F3NO6S/c28-20-14-22(26-10-12-31-13-11-26)32-24-15(5-3-6-17(20)24)16-8-9-19(27(29)30)23-18-4-1-2-7-21(18)33-25(16)23;15-14(16,17)25(20,21)24-11-3-1-2-9-10(19)8-12(23-13(9)11)18-4-6-22-7-5-18/h1-9,14H,10-13H2;1-3,8H,4-7H2. The molecule has 0 radical (unpaired) electrons. The van der Waals surface area contributed by atoms with Crippen LogP contribution >= 0.6 is 11.3 Å². The summed E-state index contributed by atoms with van der Waals surface area (Å²) < 4.78 is 88.4. The topological polar surface area (TPSA) is 172 Å². The minimum Gasteiger partial charge on any atom is -0.440 e. The van der Waals surface area contributed by atoms with E-state index in [4.69, 9.17) is 18.3 Å². The maximum absolute atomic E-state index is 13.0. The smallest absolute Gasteiger partial charge is 0.440 e. The first-order valence-corrected chi connectivity index (χ1v) is 19.9. The van der Waals surface area contributed by atoms with Gasteiger partial charge in [-0.1, -0.05) is 36.4 Å². The molecule has 0 N–H and O–H groups in total. The van der Waals surface area contributed by atoms with Crippen LogP contribution < -0.4 is 24.8 Å². The van der Waals surface area contributed by atoms with E-state index in [-0.39, 0.29) is 32.9 Å². The van der Waals surface area contributed by atoms with Crippen molar-refractivity contribution in [1.29, 1.82) is 0 Å². The number of nitro benzene ring substituents is 1. The number of para-hydroxylation sites is 2. The van der Waals surface area contributed by atoms with Crippen molar-refractivity contribution in [2.75, 3.05) is 62.4 Å². The Balaban J connectivity index is 0.000000169. The van der Waals surface area contributed by atoms with Gasteiger partial charge >= 0.3 is 15.6 Å².